The molecular weight excluding hydrogens is 259 g/mol. The van der Waals surface area contributed by atoms with Gasteiger partial charge in [0.25, 0.3) is 0 Å². The lowest BCUT2D eigenvalue weighted by Crippen LogP contribution is -2.20. The fraction of sp³-hybridized carbons (Fsp3) is 0.417. The second kappa shape index (κ2) is 5.95. The third-order valence-corrected chi connectivity index (χ3v) is 3.59. The molecule has 0 saturated heterocycles. The van der Waals surface area contributed by atoms with Crippen molar-refractivity contribution in [3.05, 3.63) is 35.6 Å². The van der Waals surface area contributed by atoms with Crippen LogP contribution in [-0.4, -0.2) is 31.5 Å². The summed E-state index contributed by atoms with van der Waals surface area (Å²) in [4.78, 5) is 11.0. The first-order valence-corrected chi connectivity index (χ1v) is 7.49. The van der Waals surface area contributed by atoms with Crippen LogP contribution in [0, 0.1) is 11.7 Å². The first-order chi connectivity index (χ1) is 8.29. The van der Waals surface area contributed by atoms with Crippen LogP contribution in [0.5, 0.6) is 0 Å². The maximum atomic E-state index is 13.4. The minimum atomic E-state index is -3.21. The van der Waals surface area contributed by atoms with Gasteiger partial charge in [-0.15, -0.1) is 0 Å². The first kappa shape index (κ1) is 14.6. The van der Waals surface area contributed by atoms with Crippen LogP contribution in [0.1, 0.15) is 12.0 Å². The van der Waals surface area contributed by atoms with Crippen molar-refractivity contribution in [2.75, 3.05) is 12.0 Å². The van der Waals surface area contributed by atoms with Crippen molar-refractivity contribution >= 4 is 15.8 Å². The molecule has 1 atom stereocenters. The summed E-state index contributed by atoms with van der Waals surface area (Å²) in [7, 11) is -3.21. The number of hydrogen-bond donors (Lipinski definition) is 1. The minimum Gasteiger partial charge on any atom is -0.481 e. The lowest BCUT2D eigenvalue weighted by atomic mass is 9.97. The lowest BCUT2D eigenvalue weighted by molar-refractivity contribution is -0.141. The Morgan fingerprint density at radius 1 is 1.39 bits per heavy atom. The van der Waals surface area contributed by atoms with E-state index < -0.39 is 27.5 Å². The van der Waals surface area contributed by atoms with E-state index in [2.05, 4.69) is 0 Å². The first-order valence-electron chi connectivity index (χ1n) is 5.43. The van der Waals surface area contributed by atoms with Crippen molar-refractivity contribution in [1.82, 2.24) is 0 Å². The summed E-state index contributed by atoms with van der Waals surface area (Å²) < 4.78 is 35.4. The molecule has 1 unspecified atom stereocenters. The van der Waals surface area contributed by atoms with E-state index in [-0.39, 0.29) is 18.6 Å². The quantitative estimate of drug-likeness (QED) is 0.853. The molecule has 4 nitrogen and oxygen atoms in total. The van der Waals surface area contributed by atoms with Crippen LogP contribution in [0.25, 0.3) is 0 Å². The third kappa shape index (κ3) is 4.83. The summed E-state index contributed by atoms with van der Waals surface area (Å²) in [5.74, 6) is -2.68. The molecule has 100 valence electrons. The van der Waals surface area contributed by atoms with E-state index in [0.29, 0.717) is 5.56 Å². The number of aliphatic carboxylic acids is 1. The highest BCUT2D eigenvalue weighted by Gasteiger charge is 2.21. The van der Waals surface area contributed by atoms with Crippen LogP contribution in [0.15, 0.2) is 24.3 Å². The normalized spacial score (nSPS) is 13.2. The molecule has 0 aliphatic heterocycles. The van der Waals surface area contributed by atoms with Gasteiger partial charge in [0.2, 0.25) is 0 Å². The Kier molecular flexibility index (Phi) is 4.84. The maximum absolute atomic E-state index is 13.4. The Labute approximate surface area is 105 Å². The van der Waals surface area contributed by atoms with Gasteiger partial charge in [0.1, 0.15) is 15.7 Å². The zero-order valence-corrected chi connectivity index (χ0v) is 10.8. The second-order valence-electron chi connectivity index (χ2n) is 4.25. The van der Waals surface area contributed by atoms with Crippen molar-refractivity contribution in [1.29, 1.82) is 0 Å². The van der Waals surface area contributed by atoms with E-state index >= 15 is 0 Å². The minimum absolute atomic E-state index is 0.00245. The van der Waals surface area contributed by atoms with Crippen molar-refractivity contribution in [3.63, 3.8) is 0 Å². The molecule has 18 heavy (non-hydrogen) atoms. The molecule has 0 radical (unpaired) electrons. The van der Waals surface area contributed by atoms with Gasteiger partial charge in [-0.05, 0) is 24.5 Å². The Bertz CT molecular complexity index is 525. The van der Waals surface area contributed by atoms with Crippen molar-refractivity contribution in [3.8, 4) is 0 Å². The molecule has 0 saturated carbocycles. The highest BCUT2D eigenvalue weighted by molar-refractivity contribution is 7.90. The predicted octanol–water partition coefficient (Wildman–Crippen LogP) is 1.50. The number of carboxylic acid groups (broad SMARTS) is 1. The Balaban J connectivity index is 2.76. The van der Waals surface area contributed by atoms with Crippen LogP contribution < -0.4 is 0 Å². The van der Waals surface area contributed by atoms with E-state index in [4.69, 9.17) is 5.11 Å². The molecule has 6 heteroatoms. The Morgan fingerprint density at radius 2 is 2.00 bits per heavy atom. The predicted molar refractivity (Wildman–Crippen MR) is 65.6 cm³/mol. The summed E-state index contributed by atoms with van der Waals surface area (Å²) in [5, 5.41) is 9.01. The Morgan fingerprint density at radius 3 is 2.50 bits per heavy atom. The molecule has 0 aliphatic carbocycles. The van der Waals surface area contributed by atoms with E-state index in [1.807, 2.05) is 0 Å². The third-order valence-electron chi connectivity index (χ3n) is 2.61. The lowest BCUT2D eigenvalue weighted by Gasteiger charge is -2.12. The number of hydrogen-bond acceptors (Lipinski definition) is 3. The average molecular weight is 274 g/mol. The van der Waals surface area contributed by atoms with Gasteiger partial charge in [-0.2, -0.15) is 0 Å². The molecule has 1 rings (SSSR count). The number of benzene rings is 1. The molecule has 1 aromatic carbocycles. The molecule has 0 aromatic heterocycles. The Hall–Kier alpha value is -1.43. The summed E-state index contributed by atoms with van der Waals surface area (Å²) in [6.45, 7) is 0. The fourth-order valence-corrected chi connectivity index (χ4v) is 2.31. The molecule has 0 aliphatic rings. The smallest absolute Gasteiger partial charge is 0.306 e. The van der Waals surface area contributed by atoms with E-state index in [1.54, 1.807) is 6.07 Å². The van der Waals surface area contributed by atoms with Crippen molar-refractivity contribution < 1.29 is 22.7 Å². The molecular formula is C12H15FO4S. The van der Waals surface area contributed by atoms with E-state index in [0.717, 1.165) is 6.26 Å². The van der Waals surface area contributed by atoms with Crippen molar-refractivity contribution in [2.45, 2.75) is 12.8 Å². The van der Waals surface area contributed by atoms with Gasteiger partial charge in [-0.25, -0.2) is 12.8 Å². The standard InChI is InChI=1S/C12H15FO4S/c1-18(16,17)7-6-10(12(14)15)8-9-4-2-3-5-11(9)13/h2-5,10H,6-8H2,1H3,(H,14,15). The van der Waals surface area contributed by atoms with Gasteiger partial charge in [0.05, 0.1) is 11.7 Å². The molecule has 0 spiro atoms. The largest absolute Gasteiger partial charge is 0.481 e. The summed E-state index contributed by atoms with van der Waals surface area (Å²) in [6, 6.07) is 5.90. The van der Waals surface area contributed by atoms with Gasteiger partial charge in [-0.3, -0.25) is 4.79 Å². The van der Waals surface area contributed by atoms with E-state index in [1.165, 1.54) is 18.2 Å². The molecule has 0 heterocycles. The van der Waals surface area contributed by atoms with Crippen LogP contribution >= 0.6 is 0 Å². The average Bonchev–Trinajstić information content (AvgIpc) is 2.24. The molecule has 1 aromatic rings. The van der Waals surface area contributed by atoms with Gasteiger partial charge in [0, 0.05) is 6.26 Å². The van der Waals surface area contributed by atoms with Gasteiger partial charge in [0.15, 0.2) is 0 Å². The van der Waals surface area contributed by atoms with Gasteiger partial charge < -0.3 is 5.11 Å². The summed E-state index contributed by atoms with van der Waals surface area (Å²) in [6.07, 6.45) is 1.04. The maximum Gasteiger partial charge on any atom is 0.306 e. The van der Waals surface area contributed by atoms with Crippen LogP contribution in [0.2, 0.25) is 0 Å². The van der Waals surface area contributed by atoms with Gasteiger partial charge in [-0.1, -0.05) is 18.2 Å². The number of halogens is 1. The highest BCUT2D eigenvalue weighted by Crippen LogP contribution is 2.16. The molecule has 0 amide bonds. The monoisotopic (exact) mass is 274 g/mol. The summed E-state index contributed by atoms with van der Waals surface area (Å²) >= 11 is 0. The second-order valence-corrected chi connectivity index (χ2v) is 6.51. The number of sulfone groups is 1. The van der Waals surface area contributed by atoms with Gasteiger partial charge >= 0.3 is 5.97 Å². The van der Waals surface area contributed by atoms with E-state index in [9.17, 15) is 17.6 Å². The van der Waals surface area contributed by atoms with Crippen LogP contribution in [0.3, 0.4) is 0 Å². The number of carbonyl (C=O) groups is 1. The molecule has 0 bridgehead atoms. The van der Waals surface area contributed by atoms with Crippen molar-refractivity contribution in [2.24, 2.45) is 5.92 Å². The zero-order valence-electron chi connectivity index (χ0n) is 9.97. The summed E-state index contributed by atoms with van der Waals surface area (Å²) in [5.41, 5.74) is 0.290. The van der Waals surface area contributed by atoms with Crippen LogP contribution in [-0.2, 0) is 21.1 Å². The SMILES string of the molecule is CS(=O)(=O)CCC(Cc1ccccc1F)C(=O)O. The molecule has 1 N–H and O–H groups in total. The number of rotatable bonds is 6. The van der Waals surface area contributed by atoms with Crippen LogP contribution in [0.4, 0.5) is 4.39 Å². The molecule has 0 fully saturated rings. The fourth-order valence-electron chi connectivity index (χ4n) is 1.60. The zero-order chi connectivity index (χ0) is 13.8. The highest BCUT2D eigenvalue weighted by atomic mass is 32.2. The number of carboxylic acids is 1. The topological polar surface area (TPSA) is 71.4 Å².